The third-order valence-electron chi connectivity index (χ3n) is 3.55. The van der Waals surface area contributed by atoms with Gasteiger partial charge in [-0.05, 0) is 38.9 Å². The van der Waals surface area contributed by atoms with Crippen molar-refractivity contribution in [1.29, 1.82) is 0 Å². The van der Waals surface area contributed by atoms with Gasteiger partial charge in [-0.15, -0.1) is 0 Å². The van der Waals surface area contributed by atoms with Crippen molar-refractivity contribution in [2.24, 2.45) is 5.92 Å². The molecule has 0 aromatic carbocycles. The minimum absolute atomic E-state index is 0.0379. The number of likely N-dealkylation sites (tertiary alicyclic amines) is 1. The van der Waals surface area contributed by atoms with Gasteiger partial charge in [0.1, 0.15) is 0 Å². The maximum Gasteiger partial charge on any atom is 0.237 e. The Morgan fingerprint density at radius 1 is 1.47 bits per heavy atom. The summed E-state index contributed by atoms with van der Waals surface area (Å²) in [5, 5.41) is 6.40. The molecule has 2 fully saturated rings. The first-order chi connectivity index (χ1) is 7.16. The number of amides is 1. The topological polar surface area (TPSA) is 44.4 Å². The molecule has 1 amide bonds. The van der Waals surface area contributed by atoms with Gasteiger partial charge in [0.2, 0.25) is 5.91 Å². The molecule has 0 radical (unpaired) electrons. The fraction of sp³-hybridized carbons (Fsp3) is 0.909. The number of rotatable bonds is 2. The predicted molar refractivity (Wildman–Crippen MR) is 59.6 cm³/mol. The minimum Gasteiger partial charge on any atom is -0.351 e. The van der Waals surface area contributed by atoms with Crippen LogP contribution in [0.4, 0.5) is 0 Å². The molecule has 0 saturated carbocycles. The van der Waals surface area contributed by atoms with E-state index in [1.54, 1.807) is 0 Å². The van der Waals surface area contributed by atoms with Crippen molar-refractivity contribution in [3.8, 4) is 0 Å². The zero-order chi connectivity index (χ0) is 10.8. The number of hydrogen-bond donors (Lipinski definition) is 2. The molecule has 3 unspecified atom stereocenters. The largest absolute Gasteiger partial charge is 0.351 e. The van der Waals surface area contributed by atoms with E-state index < -0.39 is 0 Å². The van der Waals surface area contributed by atoms with Crippen LogP contribution in [0.25, 0.3) is 0 Å². The number of carbonyl (C=O) groups is 1. The standard InChI is InChI=1S/C11H21N3O/c1-8-3-5-12-10(8)11(15)13-9-4-6-14(2)7-9/h8-10,12H,3-7H2,1-2H3,(H,13,15). The monoisotopic (exact) mass is 211 g/mol. The van der Waals surface area contributed by atoms with E-state index in [-0.39, 0.29) is 11.9 Å². The fourth-order valence-corrected chi connectivity index (χ4v) is 2.53. The maximum absolute atomic E-state index is 11.9. The van der Waals surface area contributed by atoms with E-state index >= 15 is 0 Å². The van der Waals surface area contributed by atoms with Crippen LogP contribution in [-0.4, -0.2) is 49.6 Å². The van der Waals surface area contributed by atoms with Crippen molar-refractivity contribution >= 4 is 5.91 Å². The van der Waals surface area contributed by atoms with Crippen LogP contribution < -0.4 is 10.6 Å². The molecule has 4 nitrogen and oxygen atoms in total. The summed E-state index contributed by atoms with van der Waals surface area (Å²) in [7, 11) is 2.10. The highest BCUT2D eigenvalue weighted by Gasteiger charge is 2.31. The maximum atomic E-state index is 11.9. The van der Waals surface area contributed by atoms with Crippen LogP contribution in [0, 0.1) is 5.92 Å². The van der Waals surface area contributed by atoms with E-state index in [2.05, 4.69) is 29.5 Å². The van der Waals surface area contributed by atoms with Crippen molar-refractivity contribution in [1.82, 2.24) is 15.5 Å². The van der Waals surface area contributed by atoms with Gasteiger partial charge < -0.3 is 15.5 Å². The van der Waals surface area contributed by atoms with Crippen LogP contribution in [0.15, 0.2) is 0 Å². The molecule has 4 heteroatoms. The van der Waals surface area contributed by atoms with Gasteiger partial charge >= 0.3 is 0 Å². The summed E-state index contributed by atoms with van der Waals surface area (Å²) in [6.07, 6.45) is 2.20. The normalized spacial score (nSPS) is 37.1. The highest BCUT2D eigenvalue weighted by molar-refractivity contribution is 5.82. The minimum atomic E-state index is 0.0379. The highest BCUT2D eigenvalue weighted by Crippen LogP contribution is 2.15. The molecule has 3 atom stereocenters. The average molecular weight is 211 g/mol. The van der Waals surface area contributed by atoms with E-state index in [4.69, 9.17) is 0 Å². The van der Waals surface area contributed by atoms with Crippen LogP contribution in [0.3, 0.4) is 0 Å². The molecule has 2 aliphatic heterocycles. The molecule has 2 N–H and O–H groups in total. The lowest BCUT2D eigenvalue weighted by molar-refractivity contribution is -0.124. The van der Waals surface area contributed by atoms with Crippen LogP contribution in [0.5, 0.6) is 0 Å². The SMILES string of the molecule is CC1CCNC1C(=O)NC1CCN(C)C1. The summed E-state index contributed by atoms with van der Waals surface area (Å²) < 4.78 is 0. The first-order valence-corrected chi connectivity index (χ1v) is 5.89. The second kappa shape index (κ2) is 4.49. The quantitative estimate of drug-likeness (QED) is 0.665. The summed E-state index contributed by atoms with van der Waals surface area (Å²) in [6.45, 7) is 5.21. The molecular weight excluding hydrogens is 190 g/mol. The van der Waals surface area contributed by atoms with Crippen molar-refractivity contribution in [2.75, 3.05) is 26.7 Å². The molecular formula is C11H21N3O. The van der Waals surface area contributed by atoms with E-state index in [0.717, 1.165) is 32.5 Å². The fourth-order valence-electron chi connectivity index (χ4n) is 2.53. The van der Waals surface area contributed by atoms with Crippen molar-refractivity contribution in [3.05, 3.63) is 0 Å². The molecule has 0 bridgehead atoms. The summed E-state index contributed by atoms with van der Waals surface area (Å²) >= 11 is 0. The highest BCUT2D eigenvalue weighted by atomic mass is 16.2. The van der Waals surface area contributed by atoms with Crippen LogP contribution in [-0.2, 0) is 4.79 Å². The smallest absolute Gasteiger partial charge is 0.237 e. The molecule has 0 spiro atoms. The lowest BCUT2D eigenvalue weighted by Crippen LogP contribution is -2.47. The Balaban J connectivity index is 1.81. The van der Waals surface area contributed by atoms with Gasteiger partial charge in [-0.1, -0.05) is 6.92 Å². The molecule has 2 heterocycles. The Bertz CT molecular complexity index is 244. The average Bonchev–Trinajstić information content (AvgIpc) is 2.75. The third-order valence-corrected chi connectivity index (χ3v) is 3.55. The lowest BCUT2D eigenvalue weighted by atomic mass is 10.0. The van der Waals surface area contributed by atoms with E-state index in [9.17, 15) is 4.79 Å². The lowest BCUT2D eigenvalue weighted by Gasteiger charge is -2.19. The van der Waals surface area contributed by atoms with E-state index in [1.165, 1.54) is 0 Å². The molecule has 0 aromatic heterocycles. The molecule has 2 aliphatic rings. The van der Waals surface area contributed by atoms with Gasteiger partial charge in [-0.3, -0.25) is 4.79 Å². The summed E-state index contributed by atoms with van der Waals surface area (Å²) in [5.41, 5.74) is 0. The molecule has 86 valence electrons. The van der Waals surface area contributed by atoms with Gasteiger partial charge in [0, 0.05) is 12.6 Å². The number of carbonyl (C=O) groups excluding carboxylic acids is 1. The van der Waals surface area contributed by atoms with Crippen LogP contribution in [0.1, 0.15) is 19.8 Å². The Kier molecular flexibility index (Phi) is 3.26. The predicted octanol–water partition coefficient (Wildman–Crippen LogP) is -0.195. The third kappa shape index (κ3) is 2.49. The molecule has 2 rings (SSSR count). The zero-order valence-corrected chi connectivity index (χ0v) is 9.62. The van der Waals surface area contributed by atoms with E-state index in [1.807, 2.05) is 0 Å². The van der Waals surface area contributed by atoms with E-state index in [0.29, 0.717) is 12.0 Å². The summed E-state index contributed by atoms with van der Waals surface area (Å²) in [6, 6.07) is 0.396. The van der Waals surface area contributed by atoms with Crippen molar-refractivity contribution < 1.29 is 4.79 Å². The van der Waals surface area contributed by atoms with Gasteiger partial charge in [0.05, 0.1) is 6.04 Å². The van der Waals surface area contributed by atoms with Gasteiger partial charge in [-0.25, -0.2) is 0 Å². The Hall–Kier alpha value is -0.610. The summed E-state index contributed by atoms with van der Waals surface area (Å²) in [4.78, 5) is 14.2. The number of nitrogens with zero attached hydrogens (tertiary/aromatic N) is 1. The van der Waals surface area contributed by atoms with Gasteiger partial charge in [-0.2, -0.15) is 0 Å². The van der Waals surface area contributed by atoms with Crippen LogP contribution in [0.2, 0.25) is 0 Å². The molecule has 0 aliphatic carbocycles. The zero-order valence-electron chi connectivity index (χ0n) is 9.62. The van der Waals surface area contributed by atoms with Gasteiger partial charge in [0.25, 0.3) is 0 Å². The molecule has 0 aromatic rings. The number of likely N-dealkylation sites (N-methyl/N-ethyl adjacent to an activating group) is 1. The molecule has 2 saturated heterocycles. The summed E-state index contributed by atoms with van der Waals surface area (Å²) in [5.74, 6) is 0.671. The number of hydrogen-bond acceptors (Lipinski definition) is 3. The Labute approximate surface area is 91.4 Å². The molecule has 15 heavy (non-hydrogen) atoms. The first kappa shape index (κ1) is 10.9. The second-order valence-corrected chi connectivity index (χ2v) is 4.95. The Morgan fingerprint density at radius 2 is 2.27 bits per heavy atom. The van der Waals surface area contributed by atoms with Crippen LogP contribution >= 0.6 is 0 Å². The van der Waals surface area contributed by atoms with Gasteiger partial charge in [0.15, 0.2) is 0 Å². The second-order valence-electron chi connectivity index (χ2n) is 4.95. The first-order valence-electron chi connectivity index (χ1n) is 5.89. The number of nitrogens with one attached hydrogen (secondary N) is 2. The van der Waals surface area contributed by atoms with Crippen molar-refractivity contribution in [3.63, 3.8) is 0 Å². The van der Waals surface area contributed by atoms with Crippen molar-refractivity contribution in [2.45, 2.75) is 31.8 Å². The Morgan fingerprint density at radius 3 is 2.80 bits per heavy atom.